The highest BCUT2D eigenvalue weighted by Crippen LogP contribution is 2.31. The van der Waals surface area contributed by atoms with Crippen molar-refractivity contribution in [3.63, 3.8) is 0 Å². The highest BCUT2D eigenvalue weighted by molar-refractivity contribution is 5.16. The van der Waals surface area contributed by atoms with E-state index in [1.165, 1.54) is 19.5 Å². The monoisotopic (exact) mass is 191 g/mol. The Morgan fingerprint density at radius 2 is 1.71 bits per heavy atom. The zero-order valence-corrected chi connectivity index (χ0v) is 9.53. The summed E-state index contributed by atoms with van der Waals surface area (Å²) < 4.78 is 0. The Hall–Kier alpha value is -0.560. The van der Waals surface area contributed by atoms with Crippen LogP contribution in [-0.4, -0.2) is 23.5 Å². The second kappa shape index (κ2) is 3.54. The van der Waals surface area contributed by atoms with E-state index in [1.54, 1.807) is 0 Å². The van der Waals surface area contributed by atoms with E-state index >= 15 is 0 Å². The lowest BCUT2D eigenvalue weighted by Gasteiger charge is -2.44. The molecule has 0 saturated carbocycles. The molecule has 0 aromatic heterocycles. The zero-order chi connectivity index (χ0) is 10.2. The van der Waals surface area contributed by atoms with Crippen LogP contribution in [0.25, 0.3) is 0 Å². The largest absolute Gasteiger partial charge is 0.298 e. The molecule has 0 aromatic carbocycles. The third kappa shape index (κ3) is 1.93. The van der Waals surface area contributed by atoms with Crippen molar-refractivity contribution < 1.29 is 0 Å². The quantitative estimate of drug-likeness (QED) is 0.569. The number of nitrogens with zero attached hydrogens (tertiary/aromatic N) is 1. The number of fused-ring (bicyclic) bond motifs is 1. The number of hydrogen-bond acceptors (Lipinski definition) is 1. The molecule has 1 heterocycles. The summed E-state index contributed by atoms with van der Waals surface area (Å²) >= 11 is 0. The minimum Gasteiger partial charge on any atom is -0.298 e. The average Bonchev–Trinajstić information content (AvgIpc) is 2.16. The number of hydrogen-bond donors (Lipinski definition) is 0. The van der Waals surface area contributed by atoms with Crippen molar-refractivity contribution in [1.82, 2.24) is 4.90 Å². The molecule has 78 valence electrons. The van der Waals surface area contributed by atoms with Crippen LogP contribution in [0.2, 0.25) is 0 Å². The van der Waals surface area contributed by atoms with Crippen LogP contribution in [0.4, 0.5) is 0 Å². The van der Waals surface area contributed by atoms with E-state index in [0.29, 0.717) is 5.54 Å². The van der Waals surface area contributed by atoms with Crippen LogP contribution in [0.15, 0.2) is 24.3 Å². The minimum absolute atomic E-state index is 0.333. The summed E-state index contributed by atoms with van der Waals surface area (Å²) in [5.74, 6) is 1.56. The summed E-state index contributed by atoms with van der Waals surface area (Å²) in [4.78, 5) is 2.61. The summed E-state index contributed by atoms with van der Waals surface area (Å²) in [6, 6.07) is 0. The molecule has 2 aliphatic rings. The smallest absolute Gasteiger partial charge is 0.0125 e. The van der Waals surface area contributed by atoms with Gasteiger partial charge >= 0.3 is 0 Å². The number of likely N-dealkylation sites (tertiary alicyclic amines) is 1. The summed E-state index contributed by atoms with van der Waals surface area (Å²) in [6.07, 6.45) is 10.5. The highest BCUT2D eigenvalue weighted by atomic mass is 15.2. The molecule has 0 spiro atoms. The first-order valence-corrected chi connectivity index (χ1v) is 5.67. The zero-order valence-electron chi connectivity index (χ0n) is 9.53. The van der Waals surface area contributed by atoms with Gasteiger partial charge in [0.2, 0.25) is 0 Å². The van der Waals surface area contributed by atoms with Crippen molar-refractivity contribution >= 4 is 0 Å². The van der Waals surface area contributed by atoms with Crippen molar-refractivity contribution in [1.29, 1.82) is 0 Å². The van der Waals surface area contributed by atoms with E-state index in [1.807, 2.05) is 0 Å². The average molecular weight is 191 g/mol. The van der Waals surface area contributed by atoms with Gasteiger partial charge in [0, 0.05) is 12.1 Å². The van der Waals surface area contributed by atoms with Gasteiger partial charge in [0.15, 0.2) is 0 Å². The Kier molecular flexibility index (Phi) is 2.52. The molecule has 2 unspecified atom stereocenters. The second-order valence-corrected chi connectivity index (χ2v) is 5.50. The molecule has 2 rings (SSSR count). The Labute approximate surface area is 87.5 Å². The van der Waals surface area contributed by atoms with Gasteiger partial charge in [-0.05, 0) is 45.6 Å². The minimum atomic E-state index is 0.333. The van der Waals surface area contributed by atoms with Crippen molar-refractivity contribution in [3.8, 4) is 0 Å². The lowest BCUT2D eigenvalue weighted by atomic mass is 9.81. The van der Waals surface area contributed by atoms with Crippen LogP contribution in [0, 0.1) is 11.8 Å². The van der Waals surface area contributed by atoms with Crippen molar-refractivity contribution in [2.45, 2.75) is 32.7 Å². The van der Waals surface area contributed by atoms with Gasteiger partial charge in [-0.3, -0.25) is 4.90 Å². The van der Waals surface area contributed by atoms with Crippen LogP contribution in [0.3, 0.4) is 0 Å². The van der Waals surface area contributed by atoms with E-state index in [-0.39, 0.29) is 0 Å². The fraction of sp³-hybridized carbons (Fsp3) is 0.692. The van der Waals surface area contributed by atoms with Gasteiger partial charge in [0.05, 0.1) is 0 Å². The van der Waals surface area contributed by atoms with Gasteiger partial charge in [0.1, 0.15) is 0 Å². The Morgan fingerprint density at radius 3 is 2.36 bits per heavy atom. The molecule has 1 aliphatic carbocycles. The normalized spacial score (nSPS) is 33.1. The Balaban J connectivity index is 2.04. The molecule has 0 N–H and O–H groups in total. The van der Waals surface area contributed by atoms with Crippen molar-refractivity contribution in [2.24, 2.45) is 11.8 Å². The number of allylic oxidation sites excluding steroid dienone is 3. The van der Waals surface area contributed by atoms with Gasteiger partial charge in [-0.1, -0.05) is 24.3 Å². The van der Waals surface area contributed by atoms with Crippen molar-refractivity contribution in [2.75, 3.05) is 13.1 Å². The first-order chi connectivity index (χ1) is 6.57. The van der Waals surface area contributed by atoms with Gasteiger partial charge in [-0.25, -0.2) is 0 Å². The van der Waals surface area contributed by atoms with Gasteiger partial charge in [-0.15, -0.1) is 0 Å². The summed E-state index contributed by atoms with van der Waals surface area (Å²) in [7, 11) is 0. The van der Waals surface area contributed by atoms with Crippen LogP contribution in [0.1, 0.15) is 27.2 Å². The SMILES string of the molecule is CC(C)(C)N1CCC2C=CC=CC2C1. The van der Waals surface area contributed by atoms with E-state index in [4.69, 9.17) is 0 Å². The Bertz CT molecular complexity index is 257. The third-order valence-corrected chi connectivity index (χ3v) is 3.49. The third-order valence-electron chi connectivity index (χ3n) is 3.49. The molecule has 2 atom stereocenters. The molecule has 1 saturated heterocycles. The topological polar surface area (TPSA) is 3.24 Å². The molecule has 1 fully saturated rings. The molecular formula is C13H21N. The van der Waals surface area contributed by atoms with Crippen LogP contribution in [-0.2, 0) is 0 Å². The molecule has 14 heavy (non-hydrogen) atoms. The predicted octanol–water partition coefficient (Wildman–Crippen LogP) is 2.85. The molecule has 0 amide bonds. The standard InChI is InChI=1S/C13H21N/c1-13(2,3)14-9-8-11-6-4-5-7-12(11)10-14/h4-7,11-12H,8-10H2,1-3H3. The predicted molar refractivity (Wildman–Crippen MR) is 61.2 cm³/mol. The first-order valence-electron chi connectivity index (χ1n) is 5.67. The maximum Gasteiger partial charge on any atom is 0.0125 e. The van der Waals surface area contributed by atoms with E-state index in [9.17, 15) is 0 Å². The van der Waals surface area contributed by atoms with Crippen LogP contribution in [0.5, 0.6) is 0 Å². The number of piperidine rings is 1. The maximum atomic E-state index is 2.61. The van der Waals surface area contributed by atoms with E-state index < -0.39 is 0 Å². The second-order valence-electron chi connectivity index (χ2n) is 5.50. The van der Waals surface area contributed by atoms with Gasteiger partial charge in [-0.2, -0.15) is 0 Å². The fourth-order valence-electron chi connectivity index (χ4n) is 2.47. The molecule has 1 heteroatoms. The number of rotatable bonds is 0. The van der Waals surface area contributed by atoms with E-state index in [2.05, 4.69) is 50.0 Å². The molecule has 0 aromatic rings. The van der Waals surface area contributed by atoms with E-state index in [0.717, 1.165) is 11.8 Å². The summed E-state index contributed by atoms with van der Waals surface area (Å²) in [6.45, 7) is 9.43. The molecule has 0 radical (unpaired) electrons. The summed E-state index contributed by atoms with van der Waals surface area (Å²) in [5.41, 5.74) is 0.333. The molecule has 0 bridgehead atoms. The molecular weight excluding hydrogens is 170 g/mol. The van der Waals surface area contributed by atoms with Crippen molar-refractivity contribution in [3.05, 3.63) is 24.3 Å². The maximum absolute atomic E-state index is 2.61. The fourth-order valence-corrected chi connectivity index (χ4v) is 2.47. The first kappa shape index (κ1) is 9.97. The molecule has 1 nitrogen and oxygen atoms in total. The lowest BCUT2D eigenvalue weighted by Crippen LogP contribution is -2.49. The lowest BCUT2D eigenvalue weighted by molar-refractivity contribution is 0.0738. The molecule has 1 aliphatic heterocycles. The van der Waals surface area contributed by atoms with Crippen LogP contribution >= 0.6 is 0 Å². The Morgan fingerprint density at radius 1 is 1.07 bits per heavy atom. The van der Waals surface area contributed by atoms with Gasteiger partial charge < -0.3 is 0 Å². The van der Waals surface area contributed by atoms with Crippen LogP contribution < -0.4 is 0 Å². The highest BCUT2D eigenvalue weighted by Gasteiger charge is 2.31. The summed E-state index contributed by atoms with van der Waals surface area (Å²) in [5, 5.41) is 0. The van der Waals surface area contributed by atoms with Gasteiger partial charge in [0.25, 0.3) is 0 Å².